The summed E-state index contributed by atoms with van der Waals surface area (Å²) in [6.07, 6.45) is 1.94. The minimum atomic E-state index is -3.54. The van der Waals surface area contributed by atoms with Gasteiger partial charge in [-0.25, -0.2) is 13.2 Å². The molecule has 28 heavy (non-hydrogen) atoms. The van der Waals surface area contributed by atoms with Gasteiger partial charge in [0.15, 0.2) is 0 Å². The lowest BCUT2D eigenvalue weighted by Gasteiger charge is -2.33. The predicted octanol–water partition coefficient (Wildman–Crippen LogP) is 1.18. The highest BCUT2D eigenvalue weighted by Crippen LogP contribution is 2.18. The van der Waals surface area contributed by atoms with E-state index in [1.165, 1.54) is 4.31 Å². The van der Waals surface area contributed by atoms with Crippen molar-refractivity contribution in [2.45, 2.75) is 44.6 Å². The Balaban J connectivity index is 1.86. The Kier molecular flexibility index (Phi) is 7.97. The third kappa shape index (κ3) is 6.29. The molecule has 0 radical (unpaired) electrons. The maximum absolute atomic E-state index is 12.8. The van der Waals surface area contributed by atoms with Gasteiger partial charge in [0.1, 0.15) is 0 Å². The largest absolute Gasteiger partial charge is 0.336 e. The van der Waals surface area contributed by atoms with Crippen LogP contribution < -0.4 is 10.6 Å². The van der Waals surface area contributed by atoms with Gasteiger partial charge >= 0.3 is 6.03 Å². The first-order valence-corrected chi connectivity index (χ1v) is 11.1. The first-order valence-electron chi connectivity index (χ1n) is 9.64. The number of urea groups is 1. The van der Waals surface area contributed by atoms with Crippen molar-refractivity contribution in [1.29, 1.82) is 0 Å². The summed E-state index contributed by atoms with van der Waals surface area (Å²) < 4.78 is 27.1. The van der Waals surface area contributed by atoms with Gasteiger partial charge in [-0.3, -0.25) is 15.0 Å². The molecule has 0 bridgehead atoms. The first-order chi connectivity index (χ1) is 13.2. The summed E-state index contributed by atoms with van der Waals surface area (Å²) in [5.41, 5.74) is 1.12. The number of hydrogen-bond acceptors (Lipinski definition) is 5. The molecule has 1 aliphatic rings. The molecule has 0 aliphatic carbocycles. The molecule has 0 saturated carbocycles. The number of hydrogen-bond donors (Lipinski definition) is 2. The molecule has 1 aromatic rings. The molecule has 0 atom stereocenters. The number of amides is 3. The van der Waals surface area contributed by atoms with Crippen LogP contribution in [-0.4, -0.2) is 68.3 Å². The van der Waals surface area contributed by atoms with Crippen molar-refractivity contribution in [3.05, 3.63) is 29.8 Å². The summed E-state index contributed by atoms with van der Waals surface area (Å²) >= 11 is 0. The standard InChI is InChI=1S/C19H30N4O4S/c1-4-5-16-6-8-17(9-7-16)28(26,27)23-12-10-22(11-13-23)14-18(24)21-19(25)20-15(2)3/h6-9,15H,4-5,10-14H2,1-3H3,(H2,20,21,24,25). The molecule has 8 nitrogen and oxygen atoms in total. The van der Waals surface area contributed by atoms with E-state index < -0.39 is 22.0 Å². The molecule has 2 rings (SSSR count). The highest BCUT2D eigenvalue weighted by Gasteiger charge is 2.29. The minimum absolute atomic E-state index is 0.0578. The number of sulfonamides is 1. The van der Waals surface area contributed by atoms with Gasteiger partial charge < -0.3 is 5.32 Å². The number of carbonyl (C=O) groups is 2. The molecule has 1 aromatic carbocycles. The first kappa shape index (κ1) is 22.3. The van der Waals surface area contributed by atoms with Crippen molar-refractivity contribution < 1.29 is 18.0 Å². The van der Waals surface area contributed by atoms with E-state index in [0.717, 1.165) is 18.4 Å². The lowest BCUT2D eigenvalue weighted by atomic mass is 10.1. The Morgan fingerprint density at radius 1 is 1.07 bits per heavy atom. The van der Waals surface area contributed by atoms with E-state index in [1.807, 2.05) is 17.0 Å². The van der Waals surface area contributed by atoms with Gasteiger partial charge in [0.05, 0.1) is 11.4 Å². The molecule has 2 N–H and O–H groups in total. The van der Waals surface area contributed by atoms with Gasteiger partial charge in [-0.2, -0.15) is 4.31 Å². The third-order valence-corrected chi connectivity index (χ3v) is 6.38. The van der Waals surface area contributed by atoms with E-state index in [-0.39, 0.29) is 12.6 Å². The molecule has 9 heteroatoms. The van der Waals surface area contributed by atoms with E-state index in [1.54, 1.807) is 26.0 Å². The fourth-order valence-electron chi connectivity index (χ4n) is 3.06. The SMILES string of the molecule is CCCc1ccc(S(=O)(=O)N2CCN(CC(=O)NC(=O)NC(C)C)CC2)cc1. The number of nitrogens with one attached hydrogen (secondary N) is 2. The fraction of sp³-hybridized carbons (Fsp3) is 0.579. The maximum atomic E-state index is 12.8. The Morgan fingerprint density at radius 2 is 1.68 bits per heavy atom. The van der Waals surface area contributed by atoms with Crippen LogP contribution in [0.25, 0.3) is 0 Å². The van der Waals surface area contributed by atoms with E-state index in [0.29, 0.717) is 31.1 Å². The van der Waals surface area contributed by atoms with Crippen LogP contribution in [0.2, 0.25) is 0 Å². The third-order valence-electron chi connectivity index (χ3n) is 4.47. The van der Waals surface area contributed by atoms with E-state index in [9.17, 15) is 18.0 Å². The summed E-state index contributed by atoms with van der Waals surface area (Å²) in [4.78, 5) is 25.6. The summed E-state index contributed by atoms with van der Waals surface area (Å²) in [7, 11) is -3.54. The van der Waals surface area contributed by atoms with Crippen LogP contribution in [0.3, 0.4) is 0 Å². The minimum Gasteiger partial charge on any atom is -0.336 e. The summed E-state index contributed by atoms with van der Waals surface area (Å²) in [5.74, 6) is -0.402. The molecule has 0 spiro atoms. The van der Waals surface area contributed by atoms with Crippen molar-refractivity contribution in [2.75, 3.05) is 32.7 Å². The summed E-state index contributed by atoms with van der Waals surface area (Å²) in [6, 6.07) is 6.46. The number of benzene rings is 1. The summed E-state index contributed by atoms with van der Waals surface area (Å²) in [6.45, 7) is 7.25. The van der Waals surface area contributed by atoms with Gasteiger partial charge in [0.25, 0.3) is 0 Å². The highest BCUT2D eigenvalue weighted by atomic mass is 32.2. The second kappa shape index (κ2) is 9.99. The van der Waals surface area contributed by atoms with E-state index in [4.69, 9.17) is 0 Å². The van der Waals surface area contributed by atoms with Crippen LogP contribution in [0.5, 0.6) is 0 Å². The predicted molar refractivity (Wildman–Crippen MR) is 107 cm³/mol. The zero-order valence-electron chi connectivity index (χ0n) is 16.8. The quantitative estimate of drug-likeness (QED) is 0.703. The molecule has 1 aliphatic heterocycles. The van der Waals surface area contributed by atoms with Crippen LogP contribution in [0.15, 0.2) is 29.2 Å². The second-order valence-corrected chi connectivity index (χ2v) is 9.19. The van der Waals surface area contributed by atoms with E-state index >= 15 is 0 Å². The Labute approximate surface area is 167 Å². The van der Waals surface area contributed by atoms with Crippen molar-refractivity contribution >= 4 is 22.0 Å². The zero-order chi connectivity index (χ0) is 20.7. The number of nitrogens with zero attached hydrogens (tertiary/aromatic N) is 2. The summed E-state index contributed by atoms with van der Waals surface area (Å²) in [5, 5.41) is 4.87. The van der Waals surface area contributed by atoms with Gasteiger partial charge in [-0.1, -0.05) is 25.5 Å². The smallest absolute Gasteiger partial charge is 0.321 e. The van der Waals surface area contributed by atoms with Crippen molar-refractivity contribution in [3.63, 3.8) is 0 Å². The maximum Gasteiger partial charge on any atom is 0.321 e. The molecule has 0 aromatic heterocycles. The fourth-order valence-corrected chi connectivity index (χ4v) is 4.48. The number of aryl methyl sites for hydroxylation is 1. The molecular weight excluding hydrogens is 380 g/mol. The Morgan fingerprint density at radius 3 is 2.21 bits per heavy atom. The van der Waals surface area contributed by atoms with Crippen molar-refractivity contribution in [1.82, 2.24) is 19.8 Å². The van der Waals surface area contributed by atoms with Gasteiger partial charge in [-0.05, 0) is 38.0 Å². The number of piperazine rings is 1. The molecule has 156 valence electrons. The van der Waals surface area contributed by atoms with Crippen molar-refractivity contribution in [3.8, 4) is 0 Å². The monoisotopic (exact) mass is 410 g/mol. The zero-order valence-corrected chi connectivity index (χ0v) is 17.6. The second-order valence-electron chi connectivity index (χ2n) is 7.25. The number of carbonyl (C=O) groups excluding carboxylic acids is 2. The van der Waals surface area contributed by atoms with E-state index in [2.05, 4.69) is 17.6 Å². The van der Waals surface area contributed by atoms with Gasteiger partial charge in [0.2, 0.25) is 15.9 Å². The molecular formula is C19H30N4O4S. The lowest BCUT2D eigenvalue weighted by Crippen LogP contribution is -2.52. The lowest BCUT2D eigenvalue weighted by molar-refractivity contribution is -0.121. The Hall–Kier alpha value is -1.97. The molecule has 3 amide bonds. The normalized spacial score (nSPS) is 16.1. The van der Waals surface area contributed by atoms with Crippen LogP contribution >= 0.6 is 0 Å². The van der Waals surface area contributed by atoms with Crippen LogP contribution in [0, 0.1) is 0 Å². The van der Waals surface area contributed by atoms with Gasteiger partial charge in [0, 0.05) is 32.2 Å². The molecule has 1 saturated heterocycles. The Bertz CT molecular complexity index is 770. The van der Waals surface area contributed by atoms with Crippen LogP contribution in [0.1, 0.15) is 32.8 Å². The number of imide groups is 1. The average molecular weight is 411 g/mol. The van der Waals surface area contributed by atoms with Crippen molar-refractivity contribution in [2.24, 2.45) is 0 Å². The van der Waals surface area contributed by atoms with Crippen LogP contribution in [0.4, 0.5) is 4.79 Å². The topological polar surface area (TPSA) is 98.8 Å². The number of rotatable bonds is 7. The molecule has 1 fully saturated rings. The average Bonchev–Trinajstić information content (AvgIpc) is 2.62. The van der Waals surface area contributed by atoms with Gasteiger partial charge in [-0.15, -0.1) is 0 Å². The van der Waals surface area contributed by atoms with Crippen LogP contribution in [-0.2, 0) is 21.2 Å². The molecule has 1 heterocycles. The molecule has 0 unspecified atom stereocenters. The highest BCUT2D eigenvalue weighted by molar-refractivity contribution is 7.89.